The van der Waals surface area contributed by atoms with Gasteiger partial charge < -0.3 is 14.8 Å². The molecule has 8 nitrogen and oxygen atoms in total. The van der Waals surface area contributed by atoms with E-state index in [1.54, 1.807) is 4.57 Å². The third-order valence-electron chi connectivity index (χ3n) is 5.64. The lowest BCUT2D eigenvalue weighted by Gasteiger charge is -2.19. The van der Waals surface area contributed by atoms with Gasteiger partial charge in [0, 0.05) is 24.1 Å². The van der Waals surface area contributed by atoms with Gasteiger partial charge in [-0.2, -0.15) is 0 Å². The van der Waals surface area contributed by atoms with Gasteiger partial charge in [-0.3, -0.25) is 18.7 Å². The van der Waals surface area contributed by atoms with Gasteiger partial charge in [0.25, 0.3) is 5.56 Å². The minimum absolute atomic E-state index is 0.00204. The molecule has 0 spiro atoms. The zero-order valence-electron chi connectivity index (χ0n) is 18.7. The Morgan fingerprint density at radius 1 is 1.26 bits per heavy atom. The number of hydrogen-bond donors (Lipinski definition) is 1. The molecule has 1 atom stereocenters. The maximum atomic E-state index is 13.2. The number of carbonyl (C=O) groups is 1. The van der Waals surface area contributed by atoms with Crippen molar-refractivity contribution in [2.75, 3.05) is 13.2 Å². The van der Waals surface area contributed by atoms with E-state index in [1.807, 2.05) is 27.7 Å². The molecule has 2 aromatic rings. The van der Waals surface area contributed by atoms with E-state index in [2.05, 4.69) is 5.32 Å². The number of carbonyl (C=O) groups excluding carboxylic acids is 1. The molecule has 1 saturated heterocycles. The Balaban J connectivity index is 1.65. The average Bonchev–Trinajstić information content (AvgIpc) is 3.25. The van der Waals surface area contributed by atoms with Crippen LogP contribution in [0.4, 0.5) is 0 Å². The lowest BCUT2D eigenvalue weighted by atomic mass is 10.2. The fourth-order valence-electron chi connectivity index (χ4n) is 4.04. The molecule has 1 N–H and O–H groups in total. The summed E-state index contributed by atoms with van der Waals surface area (Å²) in [5, 5.41) is 3.73. The zero-order chi connectivity index (χ0) is 22.3. The molecule has 4 rings (SSSR count). The van der Waals surface area contributed by atoms with Crippen molar-refractivity contribution in [3.05, 3.63) is 31.3 Å². The van der Waals surface area contributed by atoms with Crippen molar-refractivity contribution in [1.82, 2.24) is 14.5 Å². The Labute approximate surface area is 185 Å². The van der Waals surface area contributed by atoms with E-state index >= 15 is 0 Å². The number of aromatic nitrogens is 2. The Kier molecular flexibility index (Phi) is 6.11. The van der Waals surface area contributed by atoms with Crippen molar-refractivity contribution in [3.8, 4) is 0 Å². The summed E-state index contributed by atoms with van der Waals surface area (Å²) in [6, 6.07) is 0.00758. The smallest absolute Gasteiger partial charge is 0.332 e. The van der Waals surface area contributed by atoms with Gasteiger partial charge in [-0.1, -0.05) is 0 Å². The minimum Gasteiger partial charge on any atom is -0.459 e. The van der Waals surface area contributed by atoms with Crippen LogP contribution in [0.25, 0.3) is 10.2 Å². The molecule has 1 aliphatic heterocycles. The molecule has 31 heavy (non-hydrogen) atoms. The molecule has 2 fully saturated rings. The molecule has 3 heterocycles. The number of ether oxygens (including phenoxy) is 2. The number of nitrogens with zero attached hydrogens (tertiary/aromatic N) is 2. The number of aryl methyl sites for hydroxylation is 1. The van der Waals surface area contributed by atoms with Crippen molar-refractivity contribution in [2.24, 2.45) is 0 Å². The summed E-state index contributed by atoms with van der Waals surface area (Å²) in [6.07, 6.45) is 3.66. The van der Waals surface area contributed by atoms with Gasteiger partial charge in [0.2, 0.25) is 0 Å². The maximum Gasteiger partial charge on any atom is 0.332 e. The lowest BCUT2D eigenvalue weighted by molar-refractivity contribution is -0.153. The molecule has 0 bridgehead atoms. The van der Waals surface area contributed by atoms with Gasteiger partial charge in [0.05, 0.1) is 24.6 Å². The highest BCUT2D eigenvalue weighted by Crippen LogP contribution is 2.34. The van der Waals surface area contributed by atoms with Crippen molar-refractivity contribution in [1.29, 1.82) is 0 Å². The van der Waals surface area contributed by atoms with Crippen LogP contribution in [0.15, 0.2) is 9.59 Å². The number of nitrogens with one attached hydrogen (secondary N) is 1. The van der Waals surface area contributed by atoms with E-state index in [0.29, 0.717) is 29.9 Å². The summed E-state index contributed by atoms with van der Waals surface area (Å²) >= 11 is 1.45. The monoisotopic (exact) mass is 449 g/mol. The Hall–Kier alpha value is -1.97. The fourth-order valence-corrected chi connectivity index (χ4v) is 5.31. The molecule has 9 heteroatoms. The Bertz CT molecular complexity index is 1100. The van der Waals surface area contributed by atoms with Gasteiger partial charge in [0.1, 0.15) is 10.4 Å². The van der Waals surface area contributed by atoms with Crippen LogP contribution in [-0.2, 0) is 27.4 Å². The highest BCUT2D eigenvalue weighted by molar-refractivity contribution is 7.18. The Morgan fingerprint density at radius 3 is 2.61 bits per heavy atom. The zero-order valence-corrected chi connectivity index (χ0v) is 19.5. The molecule has 0 radical (unpaired) electrons. The third-order valence-corrected chi connectivity index (χ3v) is 6.95. The van der Waals surface area contributed by atoms with E-state index in [-0.39, 0.29) is 35.9 Å². The van der Waals surface area contributed by atoms with Crippen LogP contribution in [-0.4, -0.2) is 40.0 Å². The van der Waals surface area contributed by atoms with Gasteiger partial charge >= 0.3 is 11.7 Å². The molecule has 170 valence electrons. The van der Waals surface area contributed by atoms with Crippen molar-refractivity contribution >= 4 is 27.5 Å². The minimum atomic E-state index is -0.529. The maximum absolute atomic E-state index is 13.2. The number of thiophene rings is 1. The Morgan fingerprint density at radius 2 is 2.00 bits per heavy atom. The fraction of sp³-hybridized carbons (Fsp3) is 0.682. The standard InChI is InChI=1S/C22H31N3O5S/c1-13-16(10-23-11-17(26)30-22(2,3)4)31-20-18(13)19(27)25(14-7-8-14)21(28)24(20)12-15-6-5-9-29-15/h14-15,23H,5-12H2,1-4H3/t15-/m1/s1. The first-order valence-corrected chi connectivity index (χ1v) is 11.8. The summed E-state index contributed by atoms with van der Waals surface area (Å²) in [5.41, 5.74) is -0.0844. The van der Waals surface area contributed by atoms with Crippen LogP contribution in [0.1, 0.15) is 62.9 Å². The third kappa shape index (κ3) is 4.78. The summed E-state index contributed by atoms with van der Waals surface area (Å²) < 4.78 is 14.3. The molecule has 0 amide bonds. The summed E-state index contributed by atoms with van der Waals surface area (Å²) in [7, 11) is 0. The highest BCUT2D eigenvalue weighted by atomic mass is 32.1. The van der Waals surface area contributed by atoms with Gasteiger partial charge in [-0.15, -0.1) is 11.3 Å². The second-order valence-corrected chi connectivity index (χ2v) is 10.5. The van der Waals surface area contributed by atoms with E-state index in [9.17, 15) is 14.4 Å². The second kappa shape index (κ2) is 8.52. The van der Waals surface area contributed by atoms with Crippen LogP contribution in [0.5, 0.6) is 0 Å². The van der Waals surface area contributed by atoms with Crippen LogP contribution >= 0.6 is 11.3 Å². The highest BCUT2D eigenvalue weighted by Gasteiger charge is 2.31. The predicted octanol–water partition coefficient (Wildman–Crippen LogP) is 2.48. The number of esters is 1. The van der Waals surface area contributed by atoms with Crippen LogP contribution in [0.3, 0.4) is 0 Å². The lowest BCUT2D eigenvalue weighted by Crippen LogP contribution is -2.40. The summed E-state index contributed by atoms with van der Waals surface area (Å²) in [6.45, 7) is 9.11. The van der Waals surface area contributed by atoms with Crippen molar-refractivity contribution < 1.29 is 14.3 Å². The molecule has 0 unspecified atom stereocenters. The van der Waals surface area contributed by atoms with Crippen LogP contribution in [0, 0.1) is 6.92 Å². The number of hydrogen-bond acceptors (Lipinski definition) is 7. The quantitative estimate of drug-likeness (QED) is 0.653. The normalized spacial score (nSPS) is 19.3. The first kappa shape index (κ1) is 22.2. The summed E-state index contributed by atoms with van der Waals surface area (Å²) in [5.74, 6) is -0.322. The second-order valence-electron chi connectivity index (χ2n) is 9.45. The van der Waals surface area contributed by atoms with Gasteiger partial charge in [-0.05, 0) is 58.9 Å². The van der Waals surface area contributed by atoms with Gasteiger partial charge in [0.15, 0.2) is 0 Å². The van der Waals surface area contributed by atoms with E-state index in [1.165, 1.54) is 15.9 Å². The molecule has 2 aliphatic rings. The van der Waals surface area contributed by atoms with Crippen LogP contribution < -0.4 is 16.6 Å². The van der Waals surface area contributed by atoms with Gasteiger partial charge in [-0.25, -0.2) is 4.79 Å². The van der Waals surface area contributed by atoms with Crippen molar-refractivity contribution in [3.63, 3.8) is 0 Å². The summed E-state index contributed by atoms with van der Waals surface area (Å²) in [4.78, 5) is 40.1. The first-order valence-electron chi connectivity index (χ1n) is 11.0. The predicted molar refractivity (Wildman–Crippen MR) is 120 cm³/mol. The number of fused-ring (bicyclic) bond motifs is 1. The molecule has 0 aromatic carbocycles. The molecule has 1 aliphatic carbocycles. The number of rotatable bonds is 7. The van der Waals surface area contributed by atoms with Crippen molar-refractivity contribution in [2.45, 2.75) is 84.2 Å². The molecular formula is C22H31N3O5S. The van der Waals surface area contributed by atoms with E-state index in [0.717, 1.165) is 36.1 Å². The molecule has 1 saturated carbocycles. The van der Waals surface area contributed by atoms with E-state index in [4.69, 9.17) is 9.47 Å². The van der Waals surface area contributed by atoms with E-state index < -0.39 is 5.60 Å². The SMILES string of the molecule is Cc1c(CNCC(=O)OC(C)(C)C)sc2c1c(=O)n(C1CC1)c(=O)n2C[C@H]1CCCO1. The topological polar surface area (TPSA) is 91.6 Å². The first-order chi connectivity index (χ1) is 14.7. The largest absolute Gasteiger partial charge is 0.459 e. The van der Waals surface area contributed by atoms with Crippen LogP contribution in [0.2, 0.25) is 0 Å². The average molecular weight is 450 g/mol. The molecular weight excluding hydrogens is 418 g/mol. The molecule has 2 aromatic heterocycles.